The van der Waals surface area contributed by atoms with E-state index in [0.717, 1.165) is 24.9 Å². The zero-order valence-electron chi connectivity index (χ0n) is 16.3. The minimum Gasteiger partial charge on any atom is -0.395 e. The summed E-state index contributed by atoms with van der Waals surface area (Å²) in [6, 6.07) is 6.40. The Morgan fingerprint density at radius 1 is 1.27 bits per heavy atom. The lowest BCUT2D eigenvalue weighted by atomic mass is 9.91. The maximum Gasteiger partial charge on any atom is 0.234 e. The number of aliphatic hydroxyl groups is 1. The highest BCUT2D eigenvalue weighted by molar-refractivity contribution is 5.78. The van der Waals surface area contributed by atoms with Crippen LogP contribution in [0.15, 0.2) is 24.3 Å². The van der Waals surface area contributed by atoms with E-state index < -0.39 is 0 Å². The predicted molar refractivity (Wildman–Crippen MR) is 102 cm³/mol. The Balaban J connectivity index is 2.06. The lowest BCUT2D eigenvalue weighted by Gasteiger charge is -2.30. The molecule has 0 heterocycles. The number of hydrogen-bond donors (Lipinski definition) is 2. The second kappa shape index (κ2) is 9.47. The van der Waals surface area contributed by atoms with E-state index in [1.54, 1.807) is 12.1 Å². The summed E-state index contributed by atoms with van der Waals surface area (Å²) in [4.78, 5) is 14.7. The third-order valence-corrected chi connectivity index (χ3v) is 4.90. The van der Waals surface area contributed by atoms with Crippen LogP contribution in [0.25, 0.3) is 0 Å². The van der Waals surface area contributed by atoms with Gasteiger partial charge in [0.05, 0.1) is 19.2 Å². The number of amides is 1. The van der Waals surface area contributed by atoms with Gasteiger partial charge in [-0.3, -0.25) is 9.69 Å². The van der Waals surface area contributed by atoms with E-state index in [9.17, 15) is 14.3 Å². The number of halogens is 1. The Kier molecular flexibility index (Phi) is 7.59. The molecule has 1 fully saturated rings. The molecule has 2 rings (SSSR count). The maximum atomic E-state index is 13.3. The Morgan fingerprint density at radius 3 is 2.42 bits per heavy atom. The first-order valence-corrected chi connectivity index (χ1v) is 9.66. The number of nitrogens with one attached hydrogen (secondary N) is 1. The van der Waals surface area contributed by atoms with Gasteiger partial charge in [-0.25, -0.2) is 4.39 Å². The molecule has 0 radical (unpaired) electrons. The van der Waals surface area contributed by atoms with Gasteiger partial charge in [0.15, 0.2) is 0 Å². The molecule has 26 heavy (non-hydrogen) atoms. The van der Waals surface area contributed by atoms with Gasteiger partial charge >= 0.3 is 0 Å². The molecule has 1 unspecified atom stereocenters. The molecule has 1 aromatic carbocycles. The summed E-state index contributed by atoms with van der Waals surface area (Å²) < 4.78 is 13.3. The molecule has 2 N–H and O–H groups in total. The highest BCUT2D eigenvalue weighted by atomic mass is 19.1. The Bertz CT molecular complexity index is 562. The third-order valence-electron chi connectivity index (χ3n) is 4.90. The van der Waals surface area contributed by atoms with Crippen molar-refractivity contribution in [3.05, 3.63) is 35.6 Å². The van der Waals surface area contributed by atoms with Crippen LogP contribution in [0.2, 0.25) is 0 Å². The van der Waals surface area contributed by atoms with Crippen LogP contribution in [0.5, 0.6) is 0 Å². The van der Waals surface area contributed by atoms with Crippen LogP contribution < -0.4 is 5.32 Å². The number of carbonyl (C=O) groups is 1. The lowest BCUT2D eigenvalue weighted by molar-refractivity contribution is -0.123. The van der Waals surface area contributed by atoms with Crippen molar-refractivity contribution in [2.75, 3.05) is 26.2 Å². The summed E-state index contributed by atoms with van der Waals surface area (Å²) in [5, 5.41) is 12.5. The normalized spacial score (nSPS) is 16.8. The second-order valence-electron chi connectivity index (χ2n) is 8.64. The predicted octanol–water partition coefficient (Wildman–Crippen LogP) is 3.51. The SMILES string of the molecule is CC(C)(C)CN(CCO)CC(=O)NC(c1ccc(F)cc1)C1CCCC1. The number of benzene rings is 1. The summed E-state index contributed by atoms with van der Waals surface area (Å²) in [5.74, 6) is 0.104. The Labute approximate surface area is 156 Å². The van der Waals surface area contributed by atoms with Crippen LogP contribution in [0, 0.1) is 17.2 Å². The number of carbonyl (C=O) groups excluding carboxylic acids is 1. The van der Waals surface area contributed by atoms with Crippen LogP contribution in [-0.2, 0) is 4.79 Å². The van der Waals surface area contributed by atoms with Crippen LogP contribution in [-0.4, -0.2) is 42.2 Å². The van der Waals surface area contributed by atoms with Crippen LogP contribution in [0.3, 0.4) is 0 Å². The number of nitrogens with zero attached hydrogens (tertiary/aromatic N) is 1. The van der Waals surface area contributed by atoms with Gasteiger partial charge in [0.2, 0.25) is 5.91 Å². The van der Waals surface area contributed by atoms with Crippen molar-refractivity contribution in [1.82, 2.24) is 10.2 Å². The Morgan fingerprint density at radius 2 is 1.88 bits per heavy atom. The molecule has 146 valence electrons. The van der Waals surface area contributed by atoms with Crippen molar-refractivity contribution < 1.29 is 14.3 Å². The molecule has 1 aromatic rings. The van der Waals surface area contributed by atoms with E-state index in [2.05, 4.69) is 26.1 Å². The topological polar surface area (TPSA) is 52.6 Å². The van der Waals surface area contributed by atoms with Gasteiger partial charge < -0.3 is 10.4 Å². The Hall–Kier alpha value is -1.46. The average molecular weight is 365 g/mol. The summed E-state index contributed by atoms with van der Waals surface area (Å²) in [7, 11) is 0. The van der Waals surface area contributed by atoms with Gasteiger partial charge in [-0.05, 0) is 41.9 Å². The smallest absolute Gasteiger partial charge is 0.234 e. The van der Waals surface area contributed by atoms with E-state index in [-0.39, 0.29) is 36.3 Å². The molecule has 5 heteroatoms. The molecule has 0 saturated heterocycles. The van der Waals surface area contributed by atoms with Crippen molar-refractivity contribution in [3.8, 4) is 0 Å². The van der Waals surface area contributed by atoms with Crippen molar-refractivity contribution in [1.29, 1.82) is 0 Å². The van der Waals surface area contributed by atoms with Crippen molar-refractivity contribution in [3.63, 3.8) is 0 Å². The summed E-state index contributed by atoms with van der Waals surface area (Å²) >= 11 is 0. The van der Waals surface area contributed by atoms with Crippen LogP contribution in [0.1, 0.15) is 58.1 Å². The van der Waals surface area contributed by atoms with E-state index in [4.69, 9.17) is 0 Å². The van der Waals surface area contributed by atoms with Gasteiger partial charge in [0.25, 0.3) is 0 Å². The quantitative estimate of drug-likeness (QED) is 0.742. The molecule has 1 saturated carbocycles. The first-order chi connectivity index (χ1) is 12.3. The van der Waals surface area contributed by atoms with Crippen molar-refractivity contribution >= 4 is 5.91 Å². The van der Waals surface area contributed by atoms with Gasteiger partial charge in [-0.2, -0.15) is 0 Å². The fraction of sp³-hybridized carbons (Fsp3) is 0.667. The van der Waals surface area contributed by atoms with Gasteiger partial charge in [-0.15, -0.1) is 0 Å². The van der Waals surface area contributed by atoms with Gasteiger partial charge in [-0.1, -0.05) is 45.7 Å². The van der Waals surface area contributed by atoms with Crippen molar-refractivity contribution in [2.24, 2.45) is 11.3 Å². The number of aliphatic hydroxyl groups excluding tert-OH is 1. The maximum absolute atomic E-state index is 13.3. The summed E-state index contributed by atoms with van der Waals surface area (Å²) in [5.41, 5.74) is 1.02. The van der Waals surface area contributed by atoms with Crippen LogP contribution >= 0.6 is 0 Å². The molecule has 1 amide bonds. The first-order valence-electron chi connectivity index (χ1n) is 9.66. The number of rotatable bonds is 8. The molecule has 1 atom stereocenters. The lowest BCUT2D eigenvalue weighted by Crippen LogP contribution is -2.44. The zero-order chi connectivity index (χ0) is 19.2. The van der Waals surface area contributed by atoms with Gasteiger partial charge in [0.1, 0.15) is 5.82 Å². The largest absolute Gasteiger partial charge is 0.395 e. The average Bonchev–Trinajstić information content (AvgIpc) is 3.06. The molecule has 1 aliphatic rings. The molecular formula is C21H33FN2O2. The molecule has 4 nitrogen and oxygen atoms in total. The fourth-order valence-electron chi connectivity index (χ4n) is 3.88. The van der Waals surface area contributed by atoms with Crippen molar-refractivity contribution in [2.45, 2.75) is 52.5 Å². The minimum atomic E-state index is -0.260. The molecule has 1 aliphatic carbocycles. The van der Waals surface area contributed by atoms with Crippen LogP contribution in [0.4, 0.5) is 4.39 Å². The third kappa shape index (κ3) is 6.69. The molecule has 0 bridgehead atoms. The van der Waals surface area contributed by atoms with E-state index in [1.165, 1.54) is 25.0 Å². The van der Waals surface area contributed by atoms with Gasteiger partial charge in [0, 0.05) is 13.1 Å². The molecular weight excluding hydrogens is 331 g/mol. The zero-order valence-corrected chi connectivity index (χ0v) is 16.3. The minimum absolute atomic E-state index is 0.0351. The highest BCUT2D eigenvalue weighted by Gasteiger charge is 2.28. The summed E-state index contributed by atoms with van der Waals surface area (Å²) in [6.45, 7) is 7.88. The molecule has 0 spiro atoms. The second-order valence-corrected chi connectivity index (χ2v) is 8.64. The fourth-order valence-corrected chi connectivity index (χ4v) is 3.88. The standard InChI is InChI=1S/C21H33FN2O2/c1-21(2,3)15-24(12-13-25)14-19(26)23-20(16-6-4-5-7-16)17-8-10-18(22)11-9-17/h8-11,16,20,25H,4-7,12-15H2,1-3H3,(H,23,26). The van der Waals surface area contributed by atoms with E-state index >= 15 is 0 Å². The molecule has 0 aromatic heterocycles. The number of hydrogen-bond acceptors (Lipinski definition) is 3. The first kappa shape index (κ1) is 20.8. The molecule has 0 aliphatic heterocycles. The summed E-state index contributed by atoms with van der Waals surface area (Å²) in [6.07, 6.45) is 4.53. The van der Waals surface area contributed by atoms with E-state index in [1.807, 2.05) is 4.90 Å². The highest BCUT2D eigenvalue weighted by Crippen LogP contribution is 2.35. The van der Waals surface area contributed by atoms with E-state index in [0.29, 0.717) is 12.5 Å². The monoisotopic (exact) mass is 364 g/mol.